The maximum Gasteiger partial charge on any atom is 0.174 e. The van der Waals surface area contributed by atoms with Crippen molar-refractivity contribution in [3.8, 4) is 5.06 Å². The zero-order valence-corrected chi connectivity index (χ0v) is 14.4. The Morgan fingerprint density at radius 3 is 3.09 bits per heavy atom. The van der Waals surface area contributed by atoms with Crippen LogP contribution in [0.3, 0.4) is 0 Å². The number of thioether (sulfide) groups is 1. The highest BCUT2D eigenvalue weighted by Gasteiger charge is 2.33. The topological polar surface area (TPSA) is 24.8 Å². The van der Waals surface area contributed by atoms with Gasteiger partial charge in [-0.05, 0) is 17.9 Å². The van der Waals surface area contributed by atoms with Crippen LogP contribution in [0.2, 0.25) is 0 Å². The number of allylic oxidation sites excluding steroid dienone is 1. The third-order valence-electron chi connectivity index (χ3n) is 4.00. The van der Waals surface area contributed by atoms with Crippen LogP contribution in [-0.2, 0) is 0 Å². The maximum atomic E-state index is 5.44. The Bertz CT molecular complexity index is 791. The molecule has 0 radical (unpaired) electrons. The average Bonchev–Trinajstić information content (AvgIpc) is 3.20. The van der Waals surface area contributed by atoms with Crippen LogP contribution in [0.4, 0.5) is 0 Å². The molecule has 2 aliphatic rings. The second kappa shape index (κ2) is 5.63. The van der Waals surface area contributed by atoms with Crippen molar-refractivity contribution >= 4 is 44.0 Å². The number of benzene rings is 1. The Kier molecular flexibility index (Phi) is 3.62. The van der Waals surface area contributed by atoms with Crippen LogP contribution in [0.5, 0.6) is 5.06 Å². The Morgan fingerprint density at radius 1 is 1.36 bits per heavy atom. The highest BCUT2D eigenvalue weighted by Crippen LogP contribution is 2.47. The zero-order chi connectivity index (χ0) is 15.1. The Hall–Kier alpha value is -1.46. The van der Waals surface area contributed by atoms with Gasteiger partial charge in [-0.25, -0.2) is 0 Å². The van der Waals surface area contributed by atoms with Gasteiger partial charge in [0, 0.05) is 21.7 Å². The van der Waals surface area contributed by atoms with E-state index in [0.717, 1.165) is 31.0 Å². The van der Waals surface area contributed by atoms with Crippen LogP contribution in [-0.4, -0.2) is 30.3 Å². The van der Waals surface area contributed by atoms with Gasteiger partial charge in [0.15, 0.2) is 10.2 Å². The van der Waals surface area contributed by atoms with Gasteiger partial charge in [-0.3, -0.25) is 4.99 Å². The molecule has 114 valence electrons. The highest BCUT2D eigenvalue weighted by atomic mass is 32.2. The molecule has 2 aliphatic heterocycles. The van der Waals surface area contributed by atoms with Gasteiger partial charge in [0.05, 0.1) is 19.4 Å². The fraction of sp³-hybridized carbons (Fsp3) is 0.353. The van der Waals surface area contributed by atoms with E-state index in [9.17, 15) is 0 Å². The minimum absolute atomic E-state index is 0.912. The molecule has 0 N–H and O–H groups in total. The van der Waals surface area contributed by atoms with Gasteiger partial charge in [0.25, 0.3) is 0 Å². The van der Waals surface area contributed by atoms with Crippen molar-refractivity contribution in [1.29, 1.82) is 0 Å². The third-order valence-corrected chi connectivity index (χ3v) is 6.33. The molecule has 3 nitrogen and oxygen atoms in total. The molecule has 1 aromatic heterocycles. The number of amidine groups is 1. The molecule has 0 spiro atoms. The van der Waals surface area contributed by atoms with E-state index in [2.05, 4.69) is 41.1 Å². The summed E-state index contributed by atoms with van der Waals surface area (Å²) < 4.78 is 6.75. The van der Waals surface area contributed by atoms with Crippen LogP contribution in [0.15, 0.2) is 34.2 Å². The van der Waals surface area contributed by atoms with Crippen molar-refractivity contribution in [2.75, 3.05) is 20.2 Å². The largest absolute Gasteiger partial charge is 0.487 e. The van der Waals surface area contributed by atoms with Gasteiger partial charge in [-0.15, -0.1) is 0 Å². The minimum Gasteiger partial charge on any atom is -0.487 e. The first-order chi connectivity index (χ1) is 10.8. The number of hydrogen-bond acceptors (Lipinski definition) is 5. The predicted molar refractivity (Wildman–Crippen MR) is 96.8 cm³/mol. The number of nitrogens with zero attached hydrogens (tertiary/aromatic N) is 2. The fourth-order valence-electron chi connectivity index (χ4n) is 3.05. The lowest BCUT2D eigenvalue weighted by molar-refractivity contribution is 0.427. The number of methoxy groups -OCH3 is 1. The summed E-state index contributed by atoms with van der Waals surface area (Å²) >= 11 is 3.59. The minimum atomic E-state index is 0.912. The van der Waals surface area contributed by atoms with E-state index in [0.29, 0.717) is 0 Å². The molecule has 2 aromatic rings. The summed E-state index contributed by atoms with van der Waals surface area (Å²) in [5, 5.41) is 3.41. The van der Waals surface area contributed by atoms with Crippen molar-refractivity contribution in [2.24, 2.45) is 4.99 Å². The number of hydrogen-bond donors (Lipinski definition) is 0. The number of rotatable bonds is 4. The van der Waals surface area contributed by atoms with Gasteiger partial charge in [-0.1, -0.05) is 54.6 Å². The molecule has 0 saturated carbocycles. The Morgan fingerprint density at radius 2 is 2.27 bits per heavy atom. The lowest BCUT2D eigenvalue weighted by Crippen LogP contribution is -2.20. The molecular formula is C17H18N2OS2. The molecule has 0 amide bonds. The van der Waals surface area contributed by atoms with Crippen LogP contribution in [0, 0.1) is 0 Å². The van der Waals surface area contributed by atoms with E-state index in [1.807, 2.05) is 11.8 Å². The molecule has 5 heteroatoms. The SMILES string of the molecule is CCCC1=C(c2cccc3cc(OC)sc23)N2CCN=C2S1. The molecule has 3 heterocycles. The quantitative estimate of drug-likeness (QED) is 0.805. The summed E-state index contributed by atoms with van der Waals surface area (Å²) in [5.74, 6) is 0. The molecule has 0 unspecified atom stereocenters. The first kappa shape index (κ1) is 14.2. The maximum absolute atomic E-state index is 5.44. The molecule has 1 aromatic carbocycles. The van der Waals surface area contributed by atoms with Crippen molar-refractivity contribution in [1.82, 2.24) is 4.90 Å². The van der Waals surface area contributed by atoms with Crippen molar-refractivity contribution < 1.29 is 4.74 Å². The van der Waals surface area contributed by atoms with E-state index >= 15 is 0 Å². The molecule has 0 fully saturated rings. The van der Waals surface area contributed by atoms with E-state index in [-0.39, 0.29) is 0 Å². The third kappa shape index (κ3) is 2.15. The Balaban J connectivity index is 1.90. The second-order valence-corrected chi connectivity index (χ2v) is 7.51. The molecule has 4 rings (SSSR count). The number of thiophene rings is 1. The summed E-state index contributed by atoms with van der Waals surface area (Å²) in [5.41, 5.74) is 2.70. The van der Waals surface area contributed by atoms with Gasteiger partial charge in [0.2, 0.25) is 0 Å². The average molecular weight is 330 g/mol. The monoisotopic (exact) mass is 330 g/mol. The van der Waals surface area contributed by atoms with E-state index in [1.165, 1.54) is 31.4 Å². The summed E-state index contributed by atoms with van der Waals surface area (Å²) in [7, 11) is 1.74. The van der Waals surface area contributed by atoms with Crippen LogP contribution >= 0.6 is 23.1 Å². The van der Waals surface area contributed by atoms with Gasteiger partial charge in [-0.2, -0.15) is 0 Å². The number of aliphatic imine (C=N–C) groups is 1. The van der Waals surface area contributed by atoms with Gasteiger partial charge < -0.3 is 9.64 Å². The molecule has 0 saturated heterocycles. The highest BCUT2D eigenvalue weighted by molar-refractivity contribution is 8.17. The molecule has 0 atom stereocenters. The number of fused-ring (bicyclic) bond motifs is 2. The normalized spacial score (nSPS) is 17.4. The molecule has 0 aliphatic carbocycles. The molecule has 0 bridgehead atoms. The van der Waals surface area contributed by atoms with Crippen molar-refractivity contribution in [2.45, 2.75) is 19.8 Å². The summed E-state index contributed by atoms with van der Waals surface area (Å²) in [4.78, 5) is 8.51. The van der Waals surface area contributed by atoms with E-state index in [4.69, 9.17) is 4.74 Å². The van der Waals surface area contributed by atoms with Crippen molar-refractivity contribution in [3.05, 3.63) is 34.7 Å². The Labute approximate surface area is 138 Å². The molecule has 22 heavy (non-hydrogen) atoms. The van der Waals surface area contributed by atoms with Gasteiger partial charge >= 0.3 is 0 Å². The van der Waals surface area contributed by atoms with Crippen LogP contribution in [0.25, 0.3) is 15.8 Å². The first-order valence-electron chi connectivity index (χ1n) is 7.61. The van der Waals surface area contributed by atoms with Crippen LogP contribution < -0.4 is 4.74 Å². The second-order valence-electron chi connectivity index (χ2n) is 5.43. The predicted octanol–water partition coefficient (Wildman–Crippen LogP) is 4.80. The van der Waals surface area contributed by atoms with E-state index in [1.54, 1.807) is 18.4 Å². The fourth-order valence-corrected chi connectivity index (χ4v) is 5.33. The standard InChI is InChI=1S/C17H18N2OS2/c1-3-5-13-15(19-9-8-18-17(19)21-13)12-7-4-6-11-10-14(20-2)22-16(11)12/h4,6-7,10H,3,5,8-9H2,1-2H3. The van der Waals surface area contributed by atoms with E-state index < -0.39 is 0 Å². The van der Waals surface area contributed by atoms with Crippen molar-refractivity contribution in [3.63, 3.8) is 0 Å². The van der Waals surface area contributed by atoms with Gasteiger partial charge in [0.1, 0.15) is 0 Å². The smallest absolute Gasteiger partial charge is 0.174 e. The summed E-state index contributed by atoms with van der Waals surface area (Å²) in [6.07, 6.45) is 2.28. The zero-order valence-electron chi connectivity index (χ0n) is 12.8. The number of ether oxygens (including phenoxy) is 1. The summed E-state index contributed by atoms with van der Waals surface area (Å²) in [6.45, 7) is 4.16. The lowest BCUT2D eigenvalue weighted by Gasteiger charge is -2.18. The lowest BCUT2D eigenvalue weighted by atomic mass is 10.1. The summed E-state index contributed by atoms with van der Waals surface area (Å²) in [6, 6.07) is 8.69. The first-order valence-corrected chi connectivity index (χ1v) is 9.25. The molecular weight excluding hydrogens is 312 g/mol. The van der Waals surface area contributed by atoms with Crippen LogP contribution in [0.1, 0.15) is 25.3 Å².